The summed E-state index contributed by atoms with van der Waals surface area (Å²) < 4.78 is 43.6. The van der Waals surface area contributed by atoms with E-state index in [9.17, 15) is 18.0 Å². The Hall–Kier alpha value is -1.72. The molecule has 1 aromatic rings. The number of halogens is 3. The Bertz CT molecular complexity index is 540. The summed E-state index contributed by atoms with van der Waals surface area (Å²) in [7, 11) is 0. The van der Waals surface area contributed by atoms with Crippen molar-refractivity contribution in [2.75, 3.05) is 11.4 Å². The van der Waals surface area contributed by atoms with Crippen LogP contribution in [-0.2, 0) is 4.79 Å². The van der Waals surface area contributed by atoms with Crippen molar-refractivity contribution in [3.8, 4) is 5.75 Å². The van der Waals surface area contributed by atoms with Crippen LogP contribution in [-0.4, -0.2) is 24.2 Å². The number of hydrogen-bond acceptors (Lipinski definition) is 2. The third-order valence-electron chi connectivity index (χ3n) is 3.42. The quantitative estimate of drug-likeness (QED) is 0.832. The van der Waals surface area contributed by atoms with Gasteiger partial charge in [-0.3, -0.25) is 4.79 Å². The van der Waals surface area contributed by atoms with Crippen LogP contribution >= 0.6 is 0 Å². The summed E-state index contributed by atoms with van der Waals surface area (Å²) in [5.74, 6) is -1.69. The van der Waals surface area contributed by atoms with Crippen molar-refractivity contribution >= 4 is 11.6 Å². The average molecular weight is 301 g/mol. The second kappa shape index (κ2) is 5.24. The Morgan fingerprint density at radius 2 is 2.00 bits per heavy atom. The molecule has 0 bridgehead atoms. The molecule has 0 aromatic heterocycles. The van der Waals surface area contributed by atoms with E-state index < -0.39 is 30.0 Å². The molecule has 0 saturated heterocycles. The van der Waals surface area contributed by atoms with Crippen molar-refractivity contribution in [2.45, 2.75) is 39.0 Å². The minimum absolute atomic E-state index is 0.230. The van der Waals surface area contributed by atoms with Gasteiger partial charge < -0.3 is 9.64 Å². The van der Waals surface area contributed by atoms with E-state index in [0.717, 1.165) is 6.92 Å². The Labute approximate surface area is 121 Å². The third kappa shape index (κ3) is 3.49. The van der Waals surface area contributed by atoms with E-state index in [1.807, 2.05) is 0 Å². The van der Waals surface area contributed by atoms with Crippen LogP contribution in [0.15, 0.2) is 24.3 Å². The number of benzene rings is 1. The summed E-state index contributed by atoms with van der Waals surface area (Å²) in [6.07, 6.45) is -4.93. The molecule has 1 atom stereocenters. The molecule has 0 fully saturated rings. The van der Waals surface area contributed by atoms with Crippen LogP contribution in [0.25, 0.3) is 0 Å². The standard InChI is InChI=1S/C15H18F3NO2/c1-10(15(16,17)18)8-13(20)19-9-14(2,3)21-12-7-5-4-6-11(12)19/h4-7,10H,8-9H2,1-3H3. The molecular weight excluding hydrogens is 283 g/mol. The number of rotatable bonds is 2. The molecule has 1 aromatic carbocycles. The van der Waals surface area contributed by atoms with E-state index in [-0.39, 0.29) is 6.54 Å². The van der Waals surface area contributed by atoms with Crippen molar-refractivity contribution in [3.05, 3.63) is 24.3 Å². The topological polar surface area (TPSA) is 29.5 Å². The zero-order valence-electron chi connectivity index (χ0n) is 12.2. The zero-order valence-corrected chi connectivity index (χ0v) is 12.2. The number of anilines is 1. The van der Waals surface area contributed by atoms with Crippen molar-refractivity contribution < 1.29 is 22.7 Å². The van der Waals surface area contributed by atoms with E-state index in [4.69, 9.17) is 4.74 Å². The van der Waals surface area contributed by atoms with Crippen LogP contribution in [0.2, 0.25) is 0 Å². The molecule has 1 aliphatic heterocycles. The lowest BCUT2D eigenvalue weighted by Gasteiger charge is -2.40. The van der Waals surface area contributed by atoms with E-state index in [0.29, 0.717) is 11.4 Å². The number of ether oxygens (including phenoxy) is 1. The maximum absolute atomic E-state index is 12.6. The summed E-state index contributed by atoms with van der Waals surface area (Å²) in [5, 5.41) is 0. The Kier molecular flexibility index (Phi) is 3.91. The highest BCUT2D eigenvalue weighted by Crippen LogP contribution is 2.38. The lowest BCUT2D eigenvalue weighted by Crippen LogP contribution is -2.50. The minimum Gasteiger partial charge on any atom is -0.484 e. The number of alkyl halides is 3. The van der Waals surface area contributed by atoms with E-state index in [1.54, 1.807) is 38.1 Å². The van der Waals surface area contributed by atoms with Crippen LogP contribution in [0.3, 0.4) is 0 Å². The van der Waals surface area contributed by atoms with Gasteiger partial charge in [0.25, 0.3) is 0 Å². The highest BCUT2D eigenvalue weighted by molar-refractivity contribution is 5.95. The Morgan fingerprint density at radius 1 is 1.38 bits per heavy atom. The van der Waals surface area contributed by atoms with Crippen LogP contribution in [0.4, 0.5) is 18.9 Å². The van der Waals surface area contributed by atoms with Crippen LogP contribution in [0, 0.1) is 5.92 Å². The Morgan fingerprint density at radius 3 is 2.62 bits per heavy atom. The smallest absolute Gasteiger partial charge is 0.392 e. The zero-order chi connectivity index (χ0) is 15.8. The van der Waals surface area contributed by atoms with Gasteiger partial charge in [-0.05, 0) is 26.0 Å². The molecule has 3 nitrogen and oxygen atoms in total. The minimum atomic E-state index is -4.36. The lowest BCUT2D eigenvalue weighted by molar-refractivity contribution is -0.173. The SMILES string of the molecule is CC(CC(=O)N1CC(C)(C)Oc2ccccc21)C(F)(F)F. The molecule has 2 rings (SSSR count). The van der Waals surface area contributed by atoms with Crippen LogP contribution in [0.1, 0.15) is 27.2 Å². The van der Waals surface area contributed by atoms with Crippen molar-refractivity contribution in [2.24, 2.45) is 5.92 Å². The fraction of sp³-hybridized carbons (Fsp3) is 0.533. The number of amides is 1. The van der Waals surface area contributed by atoms with Crippen LogP contribution in [0.5, 0.6) is 5.75 Å². The largest absolute Gasteiger partial charge is 0.484 e. The highest BCUT2D eigenvalue weighted by atomic mass is 19.4. The fourth-order valence-corrected chi connectivity index (χ4v) is 2.27. The summed E-state index contributed by atoms with van der Waals surface area (Å²) in [5.41, 5.74) is -0.109. The molecule has 21 heavy (non-hydrogen) atoms. The number of carbonyl (C=O) groups excluding carboxylic acids is 1. The van der Waals surface area contributed by atoms with Gasteiger partial charge in [-0.2, -0.15) is 13.2 Å². The van der Waals surface area contributed by atoms with E-state index in [1.165, 1.54) is 4.90 Å². The predicted octanol–water partition coefficient (Wildman–Crippen LogP) is 3.78. The first-order valence-electron chi connectivity index (χ1n) is 6.75. The maximum Gasteiger partial charge on any atom is 0.392 e. The molecule has 0 saturated carbocycles. The second-order valence-electron chi connectivity index (χ2n) is 5.96. The lowest BCUT2D eigenvalue weighted by atomic mass is 10.0. The average Bonchev–Trinajstić information content (AvgIpc) is 2.35. The number of nitrogens with zero attached hydrogens (tertiary/aromatic N) is 1. The first-order chi connectivity index (χ1) is 9.60. The van der Waals surface area contributed by atoms with Gasteiger partial charge in [-0.1, -0.05) is 19.1 Å². The number of hydrogen-bond donors (Lipinski definition) is 0. The summed E-state index contributed by atoms with van der Waals surface area (Å²) in [4.78, 5) is 13.7. The molecular formula is C15H18F3NO2. The monoisotopic (exact) mass is 301 g/mol. The third-order valence-corrected chi connectivity index (χ3v) is 3.42. The first kappa shape index (κ1) is 15.7. The predicted molar refractivity (Wildman–Crippen MR) is 73.3 cm³/mol. The number of carbonyl (C=O) groups is 1. The Balaban J connectivity index is 2.25. The molecule has 0 spiro atoms. The molecule has 1 amide bonds. The fourth-order valence-electron chi connectivity index (χ4n) is 2.27. The van der Waals surface area contributed by atoms with Crippen molar-refractivity contribution in [3.63, 3.8) is 0 Å². The van der Waals surface area contributed by atoms with Gasteiger partial charge in [0.1, 0.15) is 11.4 Å². The highest BCUT2D eigenvalue weighted by Gasteiger charge is 2.40. The second-order valence-corrected chi connectivity index (χ2v) is 5.96. The van der Waals surface area contributed by atoms with Gasteiger partial charge in [-0.15, -0.1) is 0 Å². The van der Waals surface area contributed by atoms with Gasteiger partial charge in [0.2, 0.25) is 5.91 Å². The molecule has 0 radical (unpaired) electrons. The first-order valence-corrected chi connectivity index (χ1v) is 6.75. The summed E-state index contributed by atoms with van der Waals surface area (Å²) in [6.45, 7) is 4.86. The van der Waals surface area contributed by atoms with Gasteiger partial charge in [0, 0.05) is 6.42 Å². The van der Waals surface area contributed by atoms with Gasteiger partial charge in [0.15, 0.2) is 0 Å². The molecule has 1 aliphatic rings. The van der Waals surface area contributed by atoms with E-state index in [2.05, 4.69) is 0 Å². The maximum atomic E-state index is 12.6. The van der Waals surface area contributed by atoms with Crippen molar-refractivity contribution in [1.29, 1.82) is 0 Å². The van der Waals surface area contributed by atoms with Gasteiger partial charge in [0.05, 0.1) is 18.2 Å². The molecule has 0 aliphatic carbocycles. The van der Waals surface area contributed by atoms with Gasteiger partial charge >= 0.3 is 6.18 Å². The molecule has 6 heteroatoms. The number of para-hydroxylation sites is 2. The molecule has 0 N–H and O–H groups in total. The van der Waals surface area contributed by atoms with Crippen molar-refractivity contribution in [1.82, 2.24) is 0 Å². The van der Waals surface area contributed by atoms with Crippen LogP contribution < -0.4 is 9.64 Å². The molecule has 116 valence electrons. The normalized spacial score (nSPS) is 18.7. The molecule has 1 heterocycles. The molecule has 1 unspecified atom stereocenters. The number of fused-ring (bicyclic) bond motifs is 1. The van der Waals surface area contributed by atoms with E-state index >= 15 is 0 Å². The summed E-state index contributed by atoms with van der Waals surface area (Å²) >= 11 is 0. The van der Waals surface area contributed by atoms with Gasteiger partial charge in [-0.25, -0.2) is 0 Å². The summed E-state index contributed by atoms with van der Waals surface area (Å²) in [6, 6.07) is 6.89.